The van der Waals surface area contributed by atoms with Gasteiger partial charge in [0, 0.05) is 0 Å². The summed E-state index contributed by atoms with van der Waals surface area (Å²) in [5.41, 5.74) is 0.424. The third-order valence-corrected chi connectivity index (χ3v) is 2.44. The topological polar surface area (TPSA) is 0 Å². The second-order valence-electron chi connectivity index (χ2n) is 4.49. The predicted octanol–water partition coefficient (Wildman–Crippen LogP) is 4.21. The molecule has 11 heavy (non-hydrogen) atoms. The van der Waals surface area contributed by atoms with E-state index in [0.29, 0.717) is 5.41 Å². The maximum atomic E-state index is 2.30. The summed E-state index contributed by atoms with van der Waals surface area (Å²) in [6, 6.07) is 0. The lowest BCUT2D eigenvalue weighted by Gasteiger charge is -2.26. The highest BCUT2D eigenvalue weighted by molar-refractivity contribution is 4.95. The minimum Gasteiger partial charge on any atom is -0.0654 e. The molecule has 0 unspecified atom stereocenters. The first-order valence-corrected chi connectivity index (χ1v) is 4.81. The van der Waals surface area contributed by atoms with Crippen molar-refractivity contribution in [3.63, 3.8) is 0 Å². The molecule has 0 aromatic heterocycles. The molecule has 0 nitrogen and oxygen atoms in total. The second kappa shape index (κ2) is 4.79. The van der Waals surface area contributed by atoms with Crippen LogP contribution < -0.4 is 0 Å². The van der Waals surface area contributed by atoms with Crippen LogP contribution in [0.3, 0.4) is 0 Å². The molecule has 0 aliphatic rings. The fourth-order valence-electron chi connectivity index (χ4n) is 1.02. The van der Waals surface area contributed by atoms with Gasteiger partial charge in [-0.1, -0.05) is 53.9 Å². The molecule has 0 atom stereocenters. The fraction of sp³-hybridized carbons (Fsp3) is 0.909. The first-order valence-electron chi connectivity index (χ1n) is 4.81. The lowest BCUT2D eigenvalue weighted by atomic mass is 9.79. The summed E-state index contributed by atoms with van der Waals surface area (Å²) < 4.78 is 0. The van der Waals surface area contributed by atoms with Gasteiger partial charge in [0.05, 0.1) is 0 Å². The molecule has 0 aliphatic heterocycles. The van der Waals surface area contributed by atoms with Crippen LogP contribution in [0.1, 0.15) is 60.3 Å². The van der Waals surface area contributed by atoms with E-state index in [4.69, 9.17) is 0 Å². The number of unbranched alkanes of at least 4 members (excludes halogenated alkanes) is 2. The molecule has 0 aromatic rings. The smallest absolute Gasteiger partial charge is 0.0218 e. The number of rotatable bonds is 4. The Morgan fingerprint density at radius 3 is 2.00 bits per heavy atom. The third kappa shape index (κ3) is 5.29. The van der Waals surface area contributed by atoms with Crippen molar-refractivity contribution in [2.45, 2.75) is 60.3 Å². The highest BCUT2D eigenvalue weighted by Crippen LogP contribution is 2.31. The number of hydrogen-bond acceptors (Lipinski definition) is 0. The summed E-state index contributed by atoms with van der Waals surface area (Å²) in [4.78, 5) is 0. The van der Waals surface area contributed by atoms with Gasteiger partial charge in [-0.25, -0.2) is 0 Å². The van der Waals surface area contributed by atoms with E-state index in [1.807, 2.05) is 0 Å². The quantitative estimate of drug-likeness (QED) is 0.533. The maximum Gasteiger partial charge on any atom is -0.0218 e. The fourth-order valence-corrected chi connectivity index (χ4v) is 1.02. The van der Waals surface area contributed by atoms with Gasteiger partial charge in [-0.2, -0.15) is 0 Å². The molecule has 0 spiro atoms. The normalized spacial score (nSPS) is 12.5. The van der Waals surface area contributed by atoms with Crippen molar-refractivity contribution in [2.75, 3.05) is 0 Å². The SMILES string of the molecule is CCCCC[C](C)C(C)(C)C. The Morgan fingerprint density at radius 1 is 1.09 bits per heavy atom. The molecule has 1 radical (unpaired) electrons. The van der Waals surface area contributed by atoms with E-state index in [-0.39, 0.29) is 0 Å². The molecular formula is C11H23. The van der Waals surface area contributed by atoms with Crippen molar-refractivity contribution in [1.29, 1.82) is 0 Å². The largest absolute Gasteiger partial charge is 0.0654 e. The first kappa shape index (κ1) is 11.0. The van der Waals surface area contributed by atoms with Gasteiger partial charge in [-0.15, -0.1) is 0 Å². The monoisotopic (exact) mass is 155 g/mol. The Hall–Kier alpha value is 0. The summed E-state index contributed by atoms with van der Waals surface area (Å²) >= 11 is 0. The van der Waals surface area contributed by atoms with Crippen LogP contribution in [0.5, 0.6) is 0 Å². The van der Waals surface area contributed by atoms with Crippen molar-refractivity contribution < 1.29 is 0 Å². The van der Waals surface area contributed by atoms with Crippen LogP contribution in [0.15, 0.2) is 0 Å². The second-order valence-corrected chi connectivity index (χ2v) is 4.49. The molecule has 0 fully saturated rings. The van der Waals surface area contributed by atoms with Gasteiger partial charge in [0.1, 0.15) is 0 Å². The zero-order chi connectivity index (χ0) is 8.91. The first-order chi connectivity index (χ1) is 4.98. The lowest BCUT2D eigenvalue weighted by Crippen LogP contribution is -2.14. The van der Waals surface area contributed by atoms with Crippen LogP contribution >= 0.6 is 0 Å². The average molecular weight is 155 g/mol. The van der Waals surface area contributed by atoms with E-state index in [0.717, 1.165) is 0 Å². The van der Waals surface area contributed by atoms with Crippen molar-refractivity contribution in [3.05, 3.63) is 5.92 Å². The standard InChI is InChI=1S/C11H23/c1-6-7-8-9-10(2)11(3,4)5/h6-9H2,1-5H3. The Bertz CT molecular complexity index is 86.7. The third-order valence-electron chi connectivity index (χ3n) is 2.44. The maximum absolute atomic E-state index is 2.30. The molecule has 0 heteroatoms. The van der Waals surface area contributed by atoms with Gasteiger partial charge in [0.25, 0.3) is 0 Å². The molecule has 0 N–H and O–H groups in total. The van der Waals surface area contributed by atoms with Crippen molar-refractivity contribution in [1.82, 2.24) is 0 Å². The van der Waals surface area contributed by atoms with Crippen LogP contribution in [0.4, 0.5) is 0 Å². The molecular weight excluding hydrogens is 132 g/mol. The van der Waals surface area contributed by atoms with E-state index >= 15 is 0 Å². The van der Waals surface area contributed by atoms with Gasteiger partial charge in [0.2, 0.25) is 0 Å². The van der Waals surface area contributed by atoms with Crippen LogP contribution in [0.25, 0.3) is 0 Å². The minimum atomic E-state index is 0.424. The van der Waals surface area contributed by atoms with Crippen LogP contribution in [0, 0.1) is 11.3 Å². The predicted molar refractivity (Wildman–Crippen MR) is 52.5 cm³/mol. The minimum absolute atomic E-state index is 0.424. The van der Waals surface area contributed by atoms with Crippen molar-refractivity contribution in [2.24, 2.45) is 5.41 Å². The van der Waals surface area contributed by atoms with E-state index in [1.54, 1.807) is 5.92 Å². The molecule has 0 amide bonds. The van der Waals surface area contributed by atoms with E-state index in [9.17, 15) is 0 Å². The molecule has 0 saturated carbocycles. The molecule has 0 aromatic carbocycles. The van der Waals surface area contributed by atoms with Gasteiger partial charge in [-0.05, 0) is 17.8 Å². The molecule has 0 bridgehead atoms. The summed E-state index contributed by atoms with van der Waals surface area (Å²) in [7, 11) is 0. The summed E-state index contributed by atoms with van der Waals surface area (Å²) in [5.74, 6) is 1.64. The molecule has 67 valence electrons. The molecule has 0 saturated heterocycles. The van der Waals surface area contributed by atoms with Crippen LogP contribution in [-0.2, 0) is 0 Å². The Labute approximate surface area is 72.4 Å². The zero-order valence-corrected chi connectivity index (χ0v) is 8.83. The molecule has 0 rings (SSSR count). The Balaban J connectivity index is 3.44. The highest BCUT2D eigenvalue weighted by Gasteiger charge is 2.19. The van der Waals surface area contributed by atoms with E-state index in [2.05, 4.69) is 34.6 Å². The molecule has 0 heterocycles. The molecule has 0 aliphatic carbocycles. The average Bonchev–Trinajstić information content (AvgIpc) is 1.86. The van der Waals surface area contributed by atoms with Gasteiger partial charge in [0.15, 0.2) is 0 Å². The van der Waals surface area contributed by atoms with Crippen molar-refractivity contribution >= 4 is 0 Å². The Morgan fingerprint density at radius 2 is 1.64 bits per heavy atom. The van der Waals surface area contributed by atoms with Crippen molar-refractivity contribution in [3.8, 4) is 0 Å². The highest BCUT2D eigenvalue weighted by atomic mass is 14.2. The van der Waals surface area contributed by atoms with E-state index in [1.165, 1.54) is 25.7 Å². The number of hydrogen-bond donors (Lipinski definition) is 0. The summed E-state index contributed by atoms with van der Waals surface area (Å²) in [5, 5.41) is 0. The van der Waals surface area contributed by atoms with Crippen LogP contribution in [-0.4, -0.2) is 0 Å². The van der Waals surface area contributed by atoms with Gasteiger partial charge >= 0.3 is 0 Å². The van der Waals surface area contributed by atoms with Gasteiger partial charge < -0.3 is 0 Å². The van der Waals surface area contributed by atoms with Crippen LogP contribution in [0.2, 0.25) is 0 Å². The summed E-state index contributed by atoms with van der Waals surface area (Å²) in [6.07, 6.45) is 5.40. The lowest BCUT2D eigenvalue weighted by molar-refractivity contribution is 0.402. The van der Waals surface area contributed by atoms with Gasteiger partial charge in [-0.3, -0.25) is 0 Å². The zero-order valence-electron chi connectivity index (χ0n) is 8.83. The summed E-state index contributed by atoms with van der Waals surface area (Å²) in [6.45, 7) is 11.4. The van der Waals surface area contributed by atoms with E-state index < -0.39 is 0 Å². The Kier molecular flexibility index (Phi) is 4.79.